The predicted octanol–water partition coefficient (Wildman–Crippen LogP) is 3.79. The van der Waals surface area contributed by atoms with Crippen LogP contribution in [0, 0.1) is 5.92 Å². The topological polar surface area (TPSA) is 71.4 Å². The molecule has 2 unspecified atom stereocenters. The van der Waals surface area contributed by atoms with Gasteiger partial charge in [0, 0.05) is 31.3 Å². The van der Waals surface area contributed by atoms with E-state index in [0.29, 0.717) is 12.2 Å². The number of hydrazone groups is 1. The molecule has 2 atom stereocenters. The van der Waals surface area contributed by atoms with Crippen molar-refractivity contribution >= 4 is 15.8 Å². The van der Waals surface area contributed by atoms with Gasteiger partial charge in [-0.2, -0.15) is 13.5 Å². The van der Waals surface area contributed by atoms with Crippen molar-refractivity contribution in [3.63, 3.8) is 0 Å². The standard InChI is InChI=1S/C23H35N3O4S/c1-18-16-19(17-25(2)3)24-26(23-13-7-8-15-29-23)14-9-11-20(18)21-10-5-6-12-22(21)30-31(4,27)28/h5,9-11,14,18,23H,6-8,12-13,15-17H2,1-4H3/b14-9+,20-11+,24-19+. The number of ether oxygens (including phenoxy) is 1. The maximum atomic E-state index is 11.8. The highest BCUT2D eigenvalue weighted by molar-refractivity contribution is 7.86. The van der Waals surface area contributed by atoms with E-state index in [4.69, 9.17) is 14.0 Å². The molecule has 3 rings (SSSR count). The first-order chi connectivity index (χ1) is 14.7. The summed E-state index contributed by atoms with van der Waals surface area (Å²) in [5, 5.41) is 6.92. The third-order valence-corrected chi connectivity index (χ3v) is 5.98. The number of rotatable bonds is 6. The molecule has 7 nitrogen and oxygen atoms in total. The van der Waals surface area contributed by atoms with Crippen LogP contribution in [0.5, 0.6) is 0 Å². The minimum Gasteiger partial charge on any atom is -0.386 e. The zero-order valence-corrected chi connectivity index (χ0v) is 19.9. The van der Waals surface area contributed by atoms with Gasteiger partial charge >= 0.3 is 10.1 Å². The number of allylic oxidation sites excluding steroid dienone is 7. The molecule has 1 fully saturated rings. The van der Waals surface area contributed by atoms with Crippen LogP contribution in [0.2, 0.25) is 0 Å². The van der Waals surface area contributed by atoms with Gasteiger partial charge in [-0.05, 0) is 63.8 Å². The molecule has 1 saturated heterocycles. The Morgan fingerprint density at radius 2 is 2.13 bits per heavy atom. The van der Waals surface area contributed by atoms with Gasteiger partial charge < -0.3 is 13.8 Å². The van der Waals surface area contributed by atoms with Crippen LogP contribution >= 0.6 is 0 Å². The molecule has 0 aromatic carbocycles. The van der Waals surface area contributed by atoms with Crippen LogP contribution in [0.15, 0.2) is 52.5 Å². The van der Waals surface area contributed by atoms with Crippen molar-refractivity contribution in [2.45, 2.75) is 51.7 Å². The SMILES string of the molecule is CC1C/C(CN(C)C)=N\N(C2CCCCO2)/C=C/C=C\1C1=C(OS(C)(=O)=O)CCC=C1. The lowest BCUT2D eigenvalue weighted by Gasteiger charge is -2.30. The second-order valence-corrected chi connectivity index (χ2v) is 10.3. The molecule has 0 aromatic rings. The van der Waals surface area contributed by atoms with Crippen molar-refractivity contribution in [3.05, 3.63) is 47.4 Å². The summed E-state index contributed by atoms with van der Waals surface area (Å²) in [6, 6.07) is 0. The molecule has 0 bridgehead atoms. The molecule has 3 aliphatic rings. The van der Waals surface area contributed by atoms with Crippen LogP contribution < -0.4 is 0 Å². The highest BCUT2D eigenvalue weighted by Gasteiger charge is 2.25. The molecule has 2 heterocycles. The molecule has 0 saturated carbocycles. The molecule has 31 heavy (non-hydrogen) atoms. The first kappa shape index (κ1) is 23.8. The third-order valence-electron chi connectivity index (χ3n) is 5.48. The van der Waals surface area contributed by atoms with E-state index in [9.17, 15) is 8.42 Å². The molecule has 172 valence electrons. The van der Waals surface area contributed by atoms with Crippen molar-refractivity contribution in [1.29, 1.82) is 0 Å². The van der Waals surface area contributed by atoms with Gasteiger partial charge in [-0.1, -0.05) is 25.2 Å². The summed E-state index contributed by atoms with van der Waals surface area (Å²) in [5.41, 5.74) is 2.99. The van der Waals surface area contributed by atoms with Crippen molar-refractivity contribution in [1.82, 2.24) is 9.91 Å². The van der Waals surface area contributed by atoms with Gasteiger partial charge in [0.25, 0.3) is 0 Å². The van der Waals surface area contributed by atoms with E-state index in [1.807, 2.05) is 37.5 Å². The van der Waals surface area contributed by atoms with Gasteiger partial charge in [-0.3, -0.25) is 0 Å². The summed E-state index contributed by atoms with van der Waals surface area (Å²) in [5.74, 6) is 0.667. The van der Waals surface area contributed by atoms with E-state index in [1.54, 1.807) is 0 Å². The highest BCUT2D eigenvalue weighted by atomic mass is 32.2. The number of hydrogen-bond donors (Lipinski definition) is 0. The summed E-state index contributed by atoms with van der Waals surface area (Å²) in [7, 11) is 0.502. The molecular weight excluding hydrogens is 414 g/mol. The Labute approximate surface area is 186 Å². The molecule has 0 radical (unpaired) electrons. The fourth-order valence-corrected chi connectivity index (χ4v) is 4.72. The van der Waals surface area contributed by atoms with Crippen LogP contribution in [-0.2, 0) is 19.0 Å². The summed E-state index contributed by atoms with van der Waals surface area (Å²) in [4.78, 5) is 2.12. The van der Waals surface area contributed by atoms with Crippen LogP contribution in [-0.4, -0.2) is 63.8 Å². The van der Waals surface area contributed by atoms with Gasteiger partial charge in [-0.25, -0.2) is 5.01 Å². The van der Waals surface area contributed by atoms with Gasteiger partial charge in [0.1, 0.15) is 12.0 Å². The lowest BCUT2D eigenvalue weighted by atomic mass is 9.86. The summed E-state index contributed by atoms with van der Waals surface area (Å²) in [6.07, 6.45) is 16.4. The Balaban J connectivity index is 1.98. The molecule has 1 aliphatic carbocycles. The average Bonchev–Trinajstić information content (AvgIpc) is 2.77. The summed E-state index contributed by atoms with van der Waals surface area (Å²) in [6.45, 7) is 3.66. The van der Waals surface area contributed by atoms with Crippen molar-refractivity contribution in [3.8, 4) is 0 Å². The Morgan fingerprint density at radius 1 is 1.32 bits per heavy atom. The molecule has 0 N–H and O–H groups in total. The van der Waals surface area contributed by atoms with Crippen molar-refractivity contribution in [2.24, 2.45) is 11.0 Å². The molecular formula is C23H35N3O4S. The van der Waals surface area contributed by atoms with E-state index in [-0.39, 0.29) is 12.1 Å². The quantitative estimate of drug-likeness (QED) is 0.575. The summed E-state index contributed by atoms with van der Waals surface area (Å²) >= 11 is 0. The fraction of sp³-hybridized carbons (Fsp3) is 0.609. The zero-order chi connectivity index (χ0) is 22.4. The first-order valence-corrected chi connectivity index (χ1v) is 12.8. The van der Waals surface area contributed by atoms with Gasteiger partial charge in [0.15, 0.2) is 0 Å². The molecule has 2 aliphatic heterocycles. The Hall–Kier alpha value is -1.90. The second-order valence-electron chi connectivity index (χ2n) is 8.74. The third kappa shape index (κ3) is 7.05. The Bertz CT molecular complexity index is 894. The van der Waals surface area contributed by atoms with E-state index in [2.05, 4.69) is 24.0 Å². The molecule has 0 amide bonds. The maximum Gasteiger partial charge on any atom is 0.305 e. The molecule has 0 spiro atoms. The van der Waals surface area contributed by atoms with Crippen LogP contribution in [0.1, 0.15) is 45.4 Å². The number of nitrogens with zero attached hydrogens (tertiary/aromatic N) is 3. The monoisotopic (exact) mass is 449 g/mol. The van der Waals surface area contributed by atoms with Crippen LogP contribution in [0.4, 0.5) is 0 Å². The summed E-state index contributed by atoms with van der Waals surface area (Å²) < 4.78 is 35.0. The molecule has 8 heteroatoms. The van der Waals surface area contributed by atoms with Crippen molar-refractivity contribution in [2.75, 3.05) is 33.5 Å². The van der Waals surface area contributed by atoms with Gasteiger partial charge in [0.05, 0.1) is 12.0 Å². The zero-order valence-electron chi connectivity index (χ0n) is 19.1. The lowest BCUT2D eigenvalue weighted by Crippen LogP contribution is -2.34. The molecule has 0 aromatic heterocycles. The van der Waals surface area contributed by atoms with Gasteiger partial charge in [0.2, 0.25) is 0 Å². The van der Waals surface area contributed by atoms with Crippen molar-refractivity contribution < 1.29 is 17.3 Å². The smallest absolute Gasteiger partial charge is 0.305 e. The van der Waals surface area contributed by atoms with E-state index >= 15 is 0 Å². The first-order valence-electron chi connectivity index (χ1n) is 11.0. The Kier molecular flexibility index (Phi) is 8.13. The maximum absolute atomic E-state index is 11.8. The van der Waals surface area contributed by atoms with Crippen LogP contribution in [0.25, 0.3) is 0 Å². The van der Waals surface area contributed by atoms with E-state index in [0.717, 1.165) is 68.4 Å². The fourth-order valence-electron chi connectivity index (χ4n) is 4.18. The van der Waals surface area contributed by atoms with Gasteiger partial charge in [-0.15, -0.1) is 0 Å². The van der Waals surface area contributed by atoms with Crippen LogP contribution in [0.3, 0.4) is 0 Å². The Morgan fingerprint density at radius 3 is 2.81 bits per heavy atom. The normalized spacial score (nSPS) is 30.0. The minimum atomic E-state index is -3.58. The average molecular weight is 450 g/mol. The number of hydrogen-bond acceptors (Lipinski definition) is 7. The largest absolute Gasteiger partial charge is 0.386 e. The second kappa shape index (κ2) is 10.6. The van der Waals surface area contributed by atoms with E-state index in [1.165, 1.54) is 0 Å². The lowest BCUT2D eigenvalue weighted by molar-refractivity contribution is -0.0651. The van der Waals surface area contributed by atoms with E-state index < -0.39 is 10.1 Å². The predicted molar refractivity (Wildman–Crippen MR) is 124 cm³/mol. The minimum absolute atomic E-state index is 0.0506. The highest BCUT2D eigenvalue weighted by Crippen LogP contribution is 2.33.